The van der Waals surface area contributed by atoms with Crippen molar-refractivity contribution in [1.82, 2.24) is 24.8 Å². The summed E-state index contributed by atoms with van der Waals surface area (Å²) in [4.78, 5) is 63.4. The summed E-state index contributed by atoms with van der Waals surface area (Å²) < 4.78 is 20.6. The Morgan fingerprint density at radius 2 is 1.97 bits per heavy atom. The Morgan fingerprint density at radius 3 is 2.74 bits per heavy atom. The molecule has 1 aliphatic heterocycles. The van der Waals surface area contributed by atoms with E-state index < -0.39 is 35.1 Å². The van der Waals surface area contributed by atoms with Crippen molar-refractivity contribution in [1.29, 1.82) is 0 Å². The molecule has 5 rings (SSSR count). The summed E-state index contributed by atoms with van der Waals surface area (Å²) in [7, 11) is 0. The van der Waals surface area contributed by atoms with E-state index in [1.165, 1.54) is 35.2 Å². The first-order valence-corrected chi connectivity index (χ1v) is 11.7. The van der Waals surface area contributed by atoms with Crippen LogP contribution in [-0.4, -0.2) is 37.2 Å². The standard InChI is InChI=1S/C25H18ClFN6O5/c1-12-30-16-3-2-4-17(20(16)25(37)33(12)18-7-8-19(34)32-22(18)35)31-23(36)21-24(29-10-9-28-21)38-13-5-6-14(26)15(27)11-13/h2-6,9-11,18H,7-8H2,1H3,(H,31,36)(H,32,34,35). The van der Waals surface area contributed by atoms with E-state index in [9.17, 15) is 23.6 Å². The minimum atomic E-state index is -0.930. The van der Waals surface area contributed by atoms with Crippen molar-refractivity contribution in [3.8, 4) is 11.6 Å². The number of anilines is 1. The minimum absolute atomic E-state index is 0.0402. The lowest BCUT2D eigenvalue weighted by atomic mass is 10.1. The second-order valence-electron chi connectivity index (χ2n) is 8.34. The number of nitrogens with zero attached hydrogens (tertiary/aromatic N) is 4. The number of rotatable bonds is 5. The molecule has 192 valence electrons. The molecule has 3 amide bonds. The average Bonchev–Trinajstić information content (AvgIpc) is 2.87. The lowest BCUT2D eigenvalue weighted by Gasteiger charge is -2.24. The number of fused-ring (bicyclic) bond motifs is 1. The Kier molecular flexibility index (Phi) is 6.55. The number of amides is 3. The SMILES string of the molecule is Cc1nc2cccc(NC(=O)c3nccnc3Oc3ccc(Cl)c(F)c3)c2c(=O)n1C1CCC(=O)NC1=O. The molecule has 2 N–H and O–H groups in total. The van der Waals surface area contributed by atoms with Crippen LogP contribution in [-0.2, 0) is 9.59 Å². The largest absolute Gasteiger partial charge is 0.437 e. The summed E-state index contributed by atoms with van der Waals surface area (Å²) in [5.74, 6) is -2.39. The number of ether oxygens (including phenoxy) is 1. The molecule has 11 nitrogen and oxygen atoms in total. The second kappa shape index (κ2) is 9.98. The molecule has 1 saturated heterocycles. The first kappa shape index (κ1) is 25.0. The highest BCUT2D eigenvalue weighted by atomic mass is 35.5. The highest BCUT2D eigenvalue weighted by Crippen LogP contribution is 2.27. The van der Waals surface area contributed by atoms with Crippen molar-refractivity contribution in [2.45, 2.75) is 25.8 Å². The zero-order valence-electron chi connectivity index (χ0n) is 19.7. The third-order valence-corrected chi connectivity index (χ3v) is 6.17. The number of aromatic nitrogens is 4. The first-order chi connectivity index (χ1) is 18.2. The number of nitrogens with one attached hydrogen (secondary N) is 2. The quantitative estimate of drug-likeness (QED) is 0.369. The monoisotopic (exact) mass is 536 g/mol. The van der Waals surface area contributed by atoms with Crippen LogP contribution in [0.3, 0.4) is 0 Å². The minimum Gasteiger partial charge on any atom is -0.437 e. The zero-order valence-corrected chi connectivity index (χ0v) is 20.5. The van der Waals surface area contributed by atoms with Gasteiger partial charge in [-0.2, -0.15) is 0 Å². The Labute approximate surface area is 218 Å². The van der Waals surface area contributed by atoms with Crippen molar-refractivity contribution in [2.24, 2.45) is 0 Å². The molecule has 1 aliphatic rings. The van der Waals surface area contributed by atoms with Gasteiger partial charge in [-0.25, -0.2) is 19.3 Å². The molecule has 0 bridgehead atoms. The fourth-order valence-corrected chi connectivity index (χ4v) is 4.26. The Morgan fingerprint density at radius 1 is 1.18 bits per heavy atom. The van der Waals surface area contributed by atoms with Gasteiger partial charge >= 0.3 is 0 Å². The Bertz CT molecular complexity index is 1690. The van der Waals surface area contributed by atoms with Crippen molar-refractivity contribution >= 4 is 45.9 Å². The first-order valence-electron chi connectivity index (χ1n) is 11.3. The van der Waals surface area contributed by atoms with E-state index in [1.807, 2.05) is 0 Å². The highest BCUT2D eigenvalue weighted by Gasteiger charge is 2.31. The number of aryl methyl sites for hydroxylation is 1. The molecular formula is C25H18ClFN6O5. The molecule has 0 aliphatic carbocycles. The van der Waals surface area contributed by atoms with Crippen molar-refractivity contribution in [3.63, 3.8) is 0 Å². The van der Waals surface area contributed by atoms with Gasteiger partial charge in [0.25, 0.3) is 17.3 Å². The predicted molar refractivity (Wildman–Crippen MR) is 134 cm³/mol. The molecule has 1 unspecified atom stereocenters. The number of carbonyl (C=O) groups excluding carboxylic acids is 3. The summed E-state index contributed by atoms with van der Waals surface area (Å²) >= 11 is 5.71. The number of hydrogen-bond acceptors (Lipinski definition) is 8. The van der Waals surface area contributed by atoms with Crippen molar-refractivity contribution < 1.29 is 23.5 Å². The van der Waals surface area contributed by atoms with Gasteiger partial charge in [-0.05, 0) is 37.6 Å². The molecule has 38 heavy (non-hydrogen) atoms. The normalized spacial score (nSPS) is 15.3. The molecule has 1 fully saturated rings. The van der Waals surface area contributed by atoms with Crippen LogP contribution in [0, 0.1) is 12.7 Å². The molecule has 3 heterocycles. The third-order valence-electron chi connectivity index (χ3n) is 5.86. The maximum Gasteiger partial charge on any atom is 0.279 e. The van der Waals surface area contributed by atoms with E-state index in [0.717, 1.165) is 6.07 Å². The lowest BCUT2D eigenvalue weighted by Crippen LogP contribution is -2.45. The topological polar surface area (TPSA) is 145 Å². The second-order valence-corrected chi connectivity index (χ2v) is 8.75. The number of halogens is 2. The highest BCUT2D eigenvalue weighted by molar-refractivity contribution is 6.30. The molecule has 4 aromatic rings. The van der Waals surface area contributed by atoms with Crippen LogP contribution in [0.5, 0.6) is 11.6 Å². The van der Waals surface area contributed by atoms with E-state index >= 15 is 0 Å². The summed E-state index contributed by atoms with van der Waals surface area (Å²) in [5.41, 5.74) is -0.392. The number of hydrogen-bond donors (Lipinski definition) is 2. The van der Waals surface area contributed by atoms with E-state index in [2.05, 4.69) is 25.6 Å². The van der Waals surface area contributed by atoms with Crippen LogP contribution in [0.25, 0.3) is 10.9 Å². The van der Waals surface area contributed by atoms with E-state index in [4.69, 9.17) is 16.3 Å². The fourth-order valence-electron chi connectivity index (χ4n) is 4.14. The number of carbonyl (C=O) groups is 3. The van der Waals surface area contributed by atoms with Gasteiger partial charge < -0.3 is 10.1 Å². The molecule has 0 radical (unpaired) electrons. The van der Waals surface area contributed by atoms with Gasteiger partial charge in [0.1, 0.15) is 23.4 Å². The van der Waals surface area contributed by atoms with Crippen LogP contribution in [0.1, 0.15) is 35.2 Å². The van der Waals surface area contributed by atoms with E-state index in [1.54, 1.807) is 19.1 Å². The summed E-state index contributed by atoms with van der Waals surface area (Å²) in [6, 6.07) is 7.50. The molecular weight excluding hydrogens is 519 g/mol. The Hall–Kier alpha value is -4.71. The molecule has 13 heteroatoms. The van der Waals surface area contributed by atoms with Crippen LogP contribution in [0.4, 0.5) is 10.1 Å². The van der Waals surface area contributed by atoms with Gasteiger partial charge in [0.15, 0.2) is 5.69 Å². The number of piperidine rings is 1. The van der Waals surface area contributed by atoms with Gasteiger partial charge in [0.2, 0.25) is 11.8 Å². The third kappa shape index (κ3) is 4.68. The maximum atomic E-state index is 13.8. The molecule has 2 aromatic carbocycles. The predicted octanol–water partition coefficient (Wildman–Crippen LogP) is 3.31. The van der Waals surface area contributed by atoms with Gasteiger partial charge in [-0.1, -0.05) is 17.7 Å². The molecule has 0 spiro atoms. The molecule has 2 aromatic heterocycles. The fraction of sp³-hybridized carbons (Fsp3) is 0.160. The zero-order chi connectivity index (χ0) is 27.0. The van der Waals surface area contributed by atoms with Crippen molar-refractivity contribution in [2.75, 3.05) is 5.32 Å². The summed E-state index contributed by atoms with van der Waals surface area (Å²) in [6.45, 7) is 1.58. The van der Waals surface area contributed by atoms with Gasteiger partial charge in [-0.3, -0.25) is 29.1 Å². The maximum absolute atomic E-state index is 13.8. The van der Waals surface area contributed by atoms with Gasteiger partial charge in [-0.15, -0.1) is 0 Å². The van der Waals surface area contributed by atoms with Crippen LogP contribution in [0.15, 0.2) is 53.6 Å². The van der Waals surface area contributed by atoms with E-state index in [-0.39, 0.29) is 52.1 Å². The van der Waals surface area contributed by atoms with E-state index in [0.29, 0.717) is 5.52 Å². The molecule has 1 atom stereocenters. The lowest BCUT2D eigenvalue weighted by molar-refractivity contribution is -0.135. The number of imide groups is 1. The van der Waals surface area contributed by atoms with Crippen LogP contribution in [0.2, 0.25) is 5.02 Å². The van der Waals surface area contributed by atoms with Crippen LogP contribution >= 0.6 is 11.6 Å². The molecule has 0 saturated carbocycles. The summed E-state index contributed by atoms with van der Waals surface area (Å²) in [6.07, 6.45) is 2.78. The number of benzene rings is 2. The van der Waals surface area contributed by atoms with Crippen molar-refractivity contribution in [3.05, 3.63) is 81.5 Å². The van der Waals surface area contributed by atoms with Gasteiger partial charge in [0.05, 0.1) is 21.6 Å². The smallest absolute Gasteiger partial charge is 0.279 e. The summed E-state index contributed by atoms with van der Waals surface area (Å²) in [5, 5.41) is 4.83. The van der Waals surface area contributed by atoms with Crippen LogP contribution < -0.4 is 20.9 Å². The van der Waals surface area contributed by atoms with Gasteiger partial charge in [0, 0.05) is 24.9 Å². The average molecular weight is 537 g/mol. The Balaban J connectivity index is 1.51.